The topological polar surface area (TPSA) is 57.6 Å². The van der Waals surface area contributed by atoms with Gasteiger partial charge in [-0.1, -0.05) is 22.0 Å². The first-order valence-corrected chi connectivity index (χ1v) is 6.44. The monoisotopic (exact) mass is 365 g/mol. The molecule has 1 rings (SSSR count). The SMILES string of the molecule is C=CCN(CC(=O)O)C(=O)c1ccc(Br)c(C(F)(F)F)c1. The summed E-state index contributed by atoms with van der Waals surface area (Å²) in [5.41, 5.74) is -1.24. The summed E-state index contributed by atoms with van der Waals surface area (Å²) in [4.78, 5) is 23.7. The minimum Gasteiger partial charge on any atom is -0.480 e. The lowest BCUT2D eigenvalue weighted by Crippen LogP contribution is -2.35. The molecule has 0 unspecified atom stereocenters. The Kier molecular flexibility index (Phi) is 5.54. The molecule has 0 aliphatic heterocycles. The van der Waals surface area contributed by atoms with Crippen molar-refractivity contribution >= 4 is 27.8 Å². The summed E-state index contributed by atoms with van der Waals surface area (Å²) in [5.74, 6) is -2.08. The second-order valence-corrected chi connectivity index (χ2v) is 4.91. The van der Waals surface area contributed by atoms with Gasteiger partial charge >= 0.3 is 12.1 Å². The van der Waals surface area contributed by atoms with Crippen molar-refractivity contribution in [3.63, 3.8) is 0 Å². The van der Waals surface area contributed by atoms with Crippen molar-refractivity contribution in [2.45, 2.75) is 6.18 Å². The van der Waals surface area contributed by atoms with Crippen LogP contribution >= 0.6 is 15.9 Å². The van der Waals surface area contributed by atoms with Crippen LogP contribution in [0.25, 0.3) is 0 Å². The van der Waals surface area contributed by atoms with Crippen LogP contribution in [0.4, 0.5) is 13.2 Å². The number of benzene rings is 1. The average molecular weight is 366 g/mol. The molecule has 8 heteroatoms. The molecule has 1 N–H and O–H groups in total. The van der Waals surface area contributed by atoms with E-state index >= 15 is 0 Å². The molecule has 1 amide bonds. The Balaban J connectivity index is 3.16. The molecule has 0 atom stereocenters. The summed E-state index contributed by atoms with van der Waals surface area (Å²) >= 11 is 2.77. The summed E-state index contributed by atoms with van der Waals surface area (Å²) in [6, 6.07) is 2.98. The quantitative estimate of drug-likeness (QED) is 0.815. The number of nitrogens with zero attached hydrogens (tertiary/aromatic N) is 1. The van der Waals surface area contributed by atoms with Crippen LogP contribution < -0.4 is 0 Å². The van der Waals surface area contributed by atoms with Gasteiger partial charge in [0, 0.05) is 16.6 Å². The molecule has 0 aliphatic rings. The van der Waals surface area contributed by atoms with Crippen molar-refractivity contribution in [1.29, 1.82) is 0 Å². The van der Waals surface area contributed by atoms with E-state index in [9.17, 15) is 22.8 Å². The molecular formula is C13H11BrF3NO3. The van der Waals surface area contributed by atoms with Gasteiger partial charge in [0.2, 0.25) is 0 Å². The number of carbonyl (C=O) groups excluding carboxylic acids is 1. The Morgan fingerprint density at radius 1 is 1.38 bits per heavy atom. The van der Waals surface area contributed by atoms with Gasteiger partial charge in [0.15, 0.2) is 0 Å². The molecule has 0 saturated carbocycles. The van der Waals surface area contributed by atoms with Crippen molar-refractivity contribution in [3.05, 3.63) is 46.5 Å². The van der Waals surface area contributed by atoms with E-state index in [1.165, 1.54) is 12.1 Å². The van der Waals surface area contributed by atoms with Gasteiger partial charge < -0.3 is 10.0 Å². The number of carbonyl (C=O) groups is 2. The molecule has 0 fully saturated rings. The lowest BCUT2D eigenvalue weighted by Gasteiger charge is -2.19. The summed E-state index contributed by atoms with van der Waals surface area (Å²) < 4.78 is 38.2. The molecule has 0 saturated heterocycles. The Bertz CT molecular complexity index is 572. The Hall–Kier alpha value is -1.83. The van der Waals surface area contributed by atoms with Crippen LogP contribution in [0.2, 0.25) is 0 Å². The zero-order chi connectivity index (χ0) is 16.2. The number of carboxylic acids is 1. The van der Waals surface area contributed by atoms with Gasteiger partial charge in [0.25, 0.3) is 5.91 Å². The maximum Gasteiger partial charge on any atom is 0.417 e. The van der Waals surface area contributed by atoms with Gasteiger partial charge in [-0.25, -0.2) is 0 Å². The molecule has 21 heavy (non-hydrogen) atoms. The van der Waals surface area contributed by atoms with Crippen molar-refractivity contribution in [2.75, 3.05) is 13.1 Å². The number of alkyl halides is 3. The summed E-state index contributed by atoms with van der Waals surface area (Å²) in [6.45, 7) is 2.68. The number of aliphatic carboxylic acids is 1. The second kappa shape index (κ2) is 6.75. The van der Waals surface area contributed by atoms with Gasteiger partial charge in [0.1, 0.15) is 6.54 Å². The van der Waals surface area contributed by atoms with Crippen molar-refractivity contribution in [2.24, 2.45) is 0 Å². The fourth-order valence-corrected chi connectivity index (χ4v) is 2.07. The molecule has 0 spiro atoms. The number of rotatable bonds is 5. The van der Waals surface area contributed by atoms with E-state index in [0.717, 1.165) is 11.0 Å². The number of hydrogen-bond acceptors (Lipinski definition) is 2. The molecule has 114 valence electrons. The van der Waals surface area contributed by atoms with Gasteiger partial charge in [-0.2, -0.15) is 13.2 Å². The second-order valence-electron chi connectivity index (χ2n) is 4.06. The van der Waals surface area contributed by atoms with Gasteiger partial charge in [-0.3, -0.25) is 9.59 Å². The number of halogens is 4. The van der Waals surface area contributed by atoms with E-state index in [2.05, 4.69) is 22.5 Å². The maximum absolute atomic E-state index is 12.8. The van der Waals surface area contributed by atoms with Crippen molar-refractivity contribution < 1.29 is 27.9 Å². The largest absolute Gasteiger partial charge is 0.480 e. The smallest absolute Gasteiger partial charge is 0.417 e. The third-order valence-electron chi connectivity index (χ3n) is 2.48. The minimum atomic E-state index is -4.62. The molecule has 1 aromatic carbocycles. The Labute approximate surface area is 127 Å². The molecule has 1 aromatic rings. The molecule has 0 aliphatic carbocycles. The highest BCUT2D eigenvalue weighted by atomic mass is 79.9. The summed E-state index contributed by atoms with van der Waals surface area (Å²) in [7, 11) is 0. The third kappa shape index (κ3) is 4.59. The van der Waals surface area contributed by atoms with E-state index < -0.39 is 30.2 Å². The molecule has 4 nitrogen and oxygen atoms in total. The molecular weight excluding hydrogens is 355 g/mol. The van der Waals surface area contributed by atoms with Crippen LogP contribution in [0.5, 0.6) is 0 Å². The first-order chi connectivity index (χ1) is 9.66. The molecule has 0 radical (unpaired) electrons. The minimum absolute atomic E-state index is 0.0808. The van der Waals surface area contributed by atoms with Crippen LogP contribution in [0.15, 0.2) is 35.3 Å². The maximum atomic E-state index is 12.8. The van der Waals surface area contributed by atoms with Crippen LogP contribution in [-0.2, 0) is 11.0 Å². The van der Waals surface area contributed by atoms with Gasteiger partial charge in [-0.15, -0.1) is 6.58 Å². The summed E-state index contributed by atoms with van der Waals surface area (Å²) in [6.07, 6.45) is -3.32. The van der Waals surface area contributed by atoms with Crippen LogP contribution in [0.1, 0.15) is 15.9 Å². The average Bonchev–Trinajstić information content (AvgIpc) is 2.36. The summed E-state index contributed by atoms with van der Waals surface area (Å²) in [5, 5.41) is 8.72. The van der Waals surface area contributed by atoms with Crippen molar-refractivity contribution in [1.82, 2.24) is 4.90 Å². The number of carboxylic acid groups (broad SMARTS) is 1. The van der Waals surface area contributed by atoms with E-state index in [-0.39, 0.29) is 16.6 Å². The highest BCUT2D eigenvalue weighted by Crippen LogP contribution is 2.35. The lowest BCUT2D eigenvalue weighted by molar-refractivity contribution is -0.139. The number of hydrogen-bond donors (Lipinski definition) is 1. The normalized spacial score (nSPS) is 11.0. The van der Waals surface area contributed by atoms with Gasteiger partial charge in [-0.05, 0) is 18.2 Å². The van der Waals surface area contributed by atoms with Gasteiger partial charge in [0.05, 0.1) is 5.56 Å². The zero-order valence-corrected chi connectivity index (χ0v) is 12.2. The molecule has 0 heterocycles. The van der Waals surface area contributed by atoms with Crippen molar-refractivity contribution in [3.8, 4) is 0 Å². The zero-order valence-electron chi connectivity index (χ0n) is 10.7. The van der Waals surface area contributed by atoms with E-state index in [0.29, 0.717) is 6.07 Å². The fourth-order valence-electron chi connectivity index (χ4n) is 1.60. The Morgan fingerprint density at radius 2 is 2.00 bits per heavy atom. The fraction of sp³-hybridized carbons (Fsp3) is 0.231. The first kappa shape index (κ1) is 17.2. The molecule has 0 aromatic heterocycles. The van der Waals surface area contributed by atoms with Crippen LogP contribution in [0.3, 0.4) is 0 Å². The van der Waals surface area contributed by atoms with Crippen LogP contribution in [-0.4, -0.2) is 35.0 Å². The first-order valence-electron chi connectivity index (χ1n) is 5.65. The standard InChI is InChI=1S/C13H11BrF3NO3/c1-2-5-18(7-11(19)20)12(21)8-3-4-10(14)9(6-8)13(15,16)17/h2-4,6H,1,5,7H2,(H,19,20). The Morgan fingerprint density at radius 3 is 2.48 bits per heavy atom. The van der Waals surface area contributed by atoms with E-state index in [1.54, 1.807) is 0 Å². The lowest BCUT2D eigenvalue weighted by atomic mass is 10.1. The highest BCUT2D eigenvalue weighted by molar-refractivity contribution is 9.10. The number of amides is 1. The van der Waals surface area contributed by atoms with Crippen LogP contribution in [0, 0.1) is 0 Å². The molecule has 0 bridgehead atoms. The predicted octanol–water partition coefficient (Wildman–Crippen LogP) is 3.18. The third-order valence-corrected chi connectivity index (χ3v) is 3.17. The van der Waals surface area contributed by atoms with E-state index in [4.69, 9.17) is 5.11 Å². The predicted molar refractivity (Wildman–Crippen MR) is 72.9 cm³/mol. The van der Waals surface area contributed by atoms with E-state index in [1.807, 2.05) is 0 Å². The highest BCUT2D eigenvalue weighted by Gasteiger charge is 2.34.